The SMILES string of the molecule is O=[N+]([O-])c1cc(-c2nc(-c3ccccc3C(F)(F)F)no2)ccc1Cl. The molecule has 2 aromatic carbocycles. The van der Waals surface area contributed by atoms with E-state index in [-0.39, 0.29) is 33.6 Å². The third-order valence-electron chi connectivity index (χ3n) is 3.29. The van der Waals surface area contributed by atoms with Crippen LogP contribution in [-0.4, -0.2) is 15.1 Å². The summed E-state index contributed by atoms with van der Waals surface area (Å²) in [6.07, 6.45) is -4.59. The molecule has 0 spiro atoms. The quantitative estimate of drug-likeness (QED) is 0.480. The Bertz CT molecular complexity index is 956. The molecule has 0 saturated carbocycles. The average Bonchev–Trinajstić information content (AvgIpc) is 3.04. The zero-order valence-corrected chi connectivity index (χ0v) is 12.9. The van der Waals surface area contributed by atoms with E-state index in [2.05, 4.69) is 10.1 Å². The molecular formula is C15H7ClF3N3O3. The van der Waals surface area contributed by atoms with E-state index in [1.54, 1.807) is 0 Å². The highest BCUT2D eigenvalue weighted by molar-refractivity contribution is 6.32. The fourth-order valence-electron chi connectivity index (χ4n) is 2.16. The predicted octanol–water partition coefficient (Wildman–Crippen LogP) is 4.98. The summed E-state index contributed by atoms with van der Waals surface area (Å²) in [6, 6.07) is 8.53. The zero-order valence-electron chi connectivity index (χ0n) is 12.1. The maximum Gasteiger partial charge on any atom is 0.417 e. The number of aromatic nitrogens is 2. The second kappa shape index (κ2) is 6.17. The molecule has 3 aromatic rings. The molecule has 0 bridgehead atoms. The van der Waals surface area contributed by atoms with Gasteiger partial charge < -0.3 is 4.52 Å². The molecule has 128 valence electrons. The molecular weight excluding hydrogens is 363 g/mol. The van der Waals surface area contributed by atoms with Crippen molar-refractivity contribution < 1.29 is 22.6 Å². The molecule has 0 aliphatic carbocycles. The summed E-state index contributed by atoms with van der Waals surface area (Å²) in [6.45, 7) is 0. The van der Waals surface area contributed by atoms with Gasteiger partial charge in [-0.2, -0.15) is 18.2 Å². The van der Waals surface area contributed by atoms with Crippen LogP contribution in [0, 0.1) is 10.1 Å². The minimum absolute atomic E-state index is 0.0871. The number of nitrogens with zero attached hydrogens (tertiary/aromatic N) is 3. The molecule has 1 heterocycles. The van der Waals surface area contributed by atoms with Crippen LogP contribution < -0.4 is 0 Å². The van der Waals surface area contributed by atoms with Crippen molar-refractivity contribution in [3.8, 4) is 22.8 Å². The molecule has 25 heavy (non-hydrogen) atoms. The minimum atomic E-state index is -4.59. The Morgan fingerprint density at radius 2 is 1.88 bits per heavy atom. The first-order valence-corrected chi connectivity index (χ1v) is 7.10. The summed E-state index contributed by atoms with van der Waals surface area (Å²) < 4.78 is 44.2. The van der Waals surface area contributed by atoms with Crippen LogP contribution in [0.2, 0.25) is 5.02 Å². The van der Waals surface area contributed by atoms with Crippen molar-refractivity contribution in [3.05, 3.63) is 63.2 Å². The Kier molecular flexibility index (Phi) is 4.17. The van der Waals surface area contributed by atoms with Gasteiger partial charge in [-0.25, -0.2) is 0 Å². The Labute approximate surface area is 143 Å². The zero-order chi connectivity index (χ0) is 18.2. The third-order valence-corrected chi connectivity index (χ3v) is 3.61. The van der Waals surface area contributed by atoms with Crippen LogP contribution in [0.25, 0.3) is 22.8 Å². The molecule has 0 aliphatic rings. The second-order valence-corrected chi connectivity index (χ2v) is 5.30. The maximum absolute atomic E-state index is 13.1. The Morgan fingerprint density at radius 1 is 1.16 bits per heavy atom. The molecule has 10 heteroatoms. The van der Waals surface area contributed by atoms with E-state index in [1.165, 1.54) is 30.3 Å². The lowest BCUT2D eigenvalue weighted by atomic mass is 10.1. The number of nitro groups is 1. The minimum Gasteiger partial charge on any atom is -0.334 e. The fourth-order valence-corrected chi connectivity index (χ4v) is 2.35. The van der Waals surface area contributed by atoms with E-state index in [0.29, 0.717) is 0 Å². The molecule has 0 fully saturated rings. The summed E-state index contributed by atoms with van der Waals surface area (Å²) in [5, 5.41) is 14.4. The number of benzene rings is 2. The first-order chi connectivity index (χ1) is 11.8. The van der Waals surface area contributed by atoms with Gasteiger partial charge in [-0.3, -0.25) is 10.1 Å². The molecule has 0 N–H and O–H groups in total. The van der Waals surface area contributed by atoms with Crippen molar-refractivity contribution in [1.82, 2.24) is 10.1 Å². The summed E-state index contributed by atoms with van der Waals surface area (Å²) in [7, 11) is 0. The van der Waals surface area contributed by atoms with Gasteiger partial charge in [0.2, 0.25) is 5.82 Å². The number of nitro benzene ring substituents is 1. The van der Waals surface area contributed by atoms with Crippen LogP contribution in [-0.2, 0) is 6.18 Å². The van der Waals surface area contributed by atoms with Gasteiger partial charge in [0.25, 0.3) is 11.6 Å². The van der Waals surface area contributed by atoms with E-state index >= 15 is 0 Å². The van der Waals surface area contributed by atoms with Gasteiger partial charge in [-0.1, -0.05) is 35.0 Å². The monoisotopic (exact) mass is 369 g/mol. The summed E-state index contributed by atoms with van der Waals surface area (Å²) >= 11 is 5.72. The smallest absolute Gasteiger partial charge is 0.334 e. The van der Waals surface area contributed by atoms with Crippen molar-refractivity contribution in [2.45, 2.75) is 6.18 Å². The molecule has 0 unspecified atom stereocenters. The van der Waals surface area contributed by atoms with Gasteiger partial charge in [-0.05, 0) is 18.2 Å². The molecule has 0 amide bonds. The lowest BCUT2D eigenvalue weighted by molar-refractivity contribution is -0.384. The van der Waals surface area contributed by atoms with Crippen LogP contribution in [0.15, 0.2) is 47.0 Å². The predicted molar refractivity (Wildman–Crippen MR) is 81.8 cm³/mol. The molecule has 0 saturated heterocycles. The highest BCUT2D eigenvalue weighted by Gasteiger charge is 2.34. The van der Waals surface area contributed by atoms with Crippen molar-refractivity contribution in [3.63, 3.8) is 0 Å². The Balaban J connectivity index is 2.05. The van der Waals surface area contributed by atoms with Gasteiger partial charge in [0.05, 0.1) is 10.5 Å². The van der Waals surface area contributed by atoms with Gasteiger partial charge in [-0.15, -0.1) is 0 Å². The summed E-state index contributed by atoms with van der Waals surface area (Å²) in [5.41, 5.74) is -1.38. The largest absolute Gasteiger partial charge is 0.417 e. The van der Waals surface area contributed by atoms with E-state index in [1.807, 2.05) is 0 Å². The van der Waals surface area contributed by atoms with Crippen LogP contribution in [0.4, 0.5) is 18.9 Å². The van der Waals surface area contributed by atoms with E-state index in [9.17, 15) is 23.3 Å². The maximum atomic E-state index is 13.1. The molecule has 0 aliphatic heterocycles. The first-order valence-electron chi connectivity index (χ1n) is 6.72. The van der Waals surface area contributed by atoms with E-state index in [0.717, 1.165) is 12.1 Å². The average molecular weight is 370 g/mol. The Morgan fingerprint density at radius 3 is 2.56 bits per heavy atom. The van der Waals surface area contributed by atoms with Gasteiger partial charge >= 0.3 is 6.18 Å². The van der Waals surface area contributed by atoms with Crippen molar-refractivity contribution in [2.24, 2.45) is 0 Å². The molecule has 0 atom stereocenters. The second-order valence-electron chi connectivity index (χ2n) is 4.89. The normalized spacial score (nSPS) is 11.5. The lowest BCUT2D eigenvalue weighted by Crippen LogP contribution is -2.07. The van der Waals surface area contributed by atoms with Crippen LogP contribution in [0.1, 0.15) is 5.56 Å². The van der Waals surface area contributed by atoms with Crippen molar-refractivity contribution in [2.75, 3.05) is 0 Å². The highest BCUT2D eigenvalue weighted by Crippen LogP contribution is 2.37. The van der Waals surface area contributed by atoms with Crippen LogP contribution >= 0.6 is 11.6 Å². The number of halogens is 4. The van der Waals surface area contributed by atoms with Crippen molar-refractivity contribution >= 4 is 17.3 Å². The highest BCUT2D eigenvalue weighted by atomic mass is 35.5. The third kappa shape index (κ3) is 3.31. The number of rotatable bonds is 3. The number of hydrogen-bond acceptors (Lipinski definition) is 5. The van der Waals surface area contributed by atoms with Gasteiger partial charge in [0.1, 0.15) is 5.02 Å². The molecule has 1 aromatic heterocycles. The summed E-state index contributed by atoms with van der Waals surface area (Å²) in [5.74, 6) is -0.438. The Hall–Kier alpha value is -2.94. The number of hydrogen-bond donors (Lipinski definition) is 0. The van der Waals surface area contributed by atoms with Crippen LogP contribution in [0.3, 0.4) is 0 Å². The standard InChI is InChI=1S/C15H7ClF3N3O3/c16-11-6-5-8(7-12(11)22(23)24)14-20-13(21-25-14)9-3-1-2-4-10(9)15(17,18)19/h1-7H. The topological polar surface area (TPSA) is 82.1 Å². The van der Waals surface area contributed by atoms with Crippen LogP contribution in [0.5, 0.6) is 0 Å². The molecule has 3 rings (SSSR count). The number of alkyl halides is 3. The lowest BCUT2D eigenvalue weighted by Gasteiger charge is -2.09. The molecule has 0 radical (unpaired) electrons. The summed E-state index contributed by atoms with van der Waals surface area (Å²) in [4.78, 5) is 14.1. The fraction of sp³-hybridized carbons (Fsp3) is 0.0667. The van der Waals surface area contributed by atoms with E-state index in [4.69, 9.17) is 16.1 Å². The van der Waals surface area contributed by atoms with Gasteiger partial charge in [0, 0.05) is 17.2 Å². The first kappa shape index (κ1) is 16.9. The van der Waals surface area contributed by atoms with E-state index < -0.39 is 16.7 Å². The van der Waals surface area contributed by atoms with Gasteiger partial charge in [0.15, 0.2) is 0 Å². The molecule has 6 nitrogen and oxygen atoms in total. The van der Waals surface area contributed by atoms with Crippen molar-refractivity contribution in [1.29, 1.82) is 0 Å².